The molecule has 0 radical (unpaired) electrons. The number of hydrogen-bond donors (Lipinski definition) is 3. The SMILES string of the molecule is CCCCCCCCCCCCCCCC(=O)OC[C@H](COP(=O)(O)OC[C@H](O)COP(=O)(O)OC[C@@H](COC(=O)CCCCCCCCCCCCCC(C)C)OC(=O)CCCCCCCCCCCCCCC(C)C)OC(=O)CCCCCCCCCCCCC(C)C. The molecular formula is C76H148O17P2. The smallest absolute Gasteiger partial charge is 0.462 e. The Morgan fingerprint density at radius 3 is 0.716 bits per heavy atom. The minimum Gasteiger partial charge on any atom is -0.462 e. The lowest BCUT2D eigenvalue weighted by Crippen LogP contribution is -2.30. The Kier molecular flexibility index (Phi) is 65.2. The zero-order chi connectivity index (χ0) is 70.1. The average Bonchev–Trinajstić information content (AvgIpc) is 2.04. The van der Waals surface area contributed by atoms with Crippen LogP contribution in [0.4, 0.5) is 0 Å². The predicted molar refractivity (Wildman–Crippen MR) is 386 cm³/mol. The fourth-order valence-corrected chi connectivity index (χ4v) is 13.2. The van der Waals surface area contributed by atoms with Crippen LogP contribution in [0.25, 0.3) is 0 Å². The van der Waals surface area contributed by atoms with E-state index in [1.165, 1.54) is 199 Å². The summed E-state index contributed by atoms with van der Waals surface area (Å²) in [6, 6.07) is 0. The number of esters is 4. The fraction of sp³-hybridized carbons (Fsp3) is 0.947. The van der Waals surface area contributed by atoms with E-state index in [2.05, 4.69) is 48.5 Å². The number of rotatable bonds is 74. The summed E-state index contributed by atoms with van der Waals surface area (Å²) in [6.45, 7) is 11.9. The standard InChI is InChI=1S/C76H148O17P2/c1-8-9-10-11-12-13-14-15-21-29-36-43-50-57-73(78)86-64-72(93-76(81)60-53-46-39-32-25-24-28-35-42-49-56-69(6)7)66-91-95(84,85)89-62-70(77)61-88-94(82,83)90-65-71(63-87-74(79)58-51-44-37-30-23-18-20-27-34-41-48-55-68(4)5)92-75(80)59-52-45-38-31-22-17-16-19-26-33-40-47-54-67(2)3/h67-72,77H,8-66H2,1-7H3,(H,82,83)(H,84,85)/t70-,71-,72-/m1/s1. The molecule has 0 saturated heterocycles. The van der Waals surface area contributed by atoms with Crippen LogP contribution < -0.4 is 0 Å². The lowest BCUT2D eigenvalue weighted by molar-refractivity contribution is -0.161. The minimum atomic E-state index is -4.96. The van der Waals surface area contributed by atoms with Crippen molar-refractivity contribution in [3.05, 3.63) is 0 Å². The summed E-state index contributed by atoms with van der Waals surface area (Å²) in [6.07, 6.45) is 52.5. The van der Waals surface area contributed by atoms with Crippen LogP contribution in [0.5, 0.6) is 0 Å². The summed E-state index contributed by atoms with van der Waals surface area (Å²) >= 11 is 0. The molecule has 0 fully saturated rings. The van der Waals surface area contributed by atoms with Crippen molar-refractivity contribution < 1.29 is 80.2 Å². The number of carbonyl (C=O) groups is 4. The van der Waals surface area contributed by atoms with Gasteiger partial charge in [-0.05, 0) is 43.4 Å². The molecule has 0 spiro atoms. The number of phosphoric ester groups is 2. The molecule has 95 heavy (non-hydrogen) atoms. The largest absolute Gasteiger partial charge is 0.472 e. The van der Waals surface area contributed by atoms with Crippen LogP contribution in [0.3, 0.4) is 0 Å². The molecule has 0 heterocycles. The van der Waals surface area contributed by atoms with Gasteiger partial charge in [0.25, 0.3) is 0 Å². The molecule has 5 atom stereocenters. The summed E-state index contributed by atoms with van der Waals surface area (Å²) in [7, 11) is -9.91. The molecule has 0 aromatic carbocycles. The third-order valence-electron chi connectivity index (χ3n) is 17.6. The molecule has 0 rings (SSSR count). The van der Waals surface area contributed by atoms with Gasteiger partial charge in [-0.25, -0.2) is 9.13 Å². The first kappa shape index (κ1) is 93.1. The quantitative estimate of drug-likeness (QED) is 0.0222. The molecule has 3 N–H and O–H groups in total. The first-order valence-electron chi connectivity index (χ1n) is 39.3. The molecule has 2 unspecified atom stereocenters. The van der Waals surface area contributed by atoms with E-state index in [-0.39, 0.29) is 25.7 Å². The van der Waals surface area contributed by atoms with Crippen LogP contribution in [0.1, 0.15) is 389 Å². The van der Waals surface area contributed by atoms with E-state index in [0.717, 1.165) is 108 Å². The van der Waals surface area contributed by atoms with E-state index in [9.17, 15) is 43.2 Å². The highest BCUT2D eigenvalue weighted by atomic mass is 31.2. The second kappa shape index (κ2) is 66.6. The van der Waals surface area contributed by atoms with Gasteiger partial charge < -0.3 is 33.8 Å². The van der Waals surface area contributed by atoms with Crippen molar-refractivity contribution in [2.45, 2.75) is 407 Å². The van der Waals surface area contributed by atoms with Gasteiger partial charge >= 0.3 is 39.5 Å². The summed E-state index contributed by atoms with van der Waals surface area (Å²) < 4.78 is 68.6. The van der Waals surface area contributed by atoms with Gasteiger partial charge in [-0.1, -0.05) is 337 Å². The predicted octanol–water partition coefficient (Wildman–Crippen LogP) is 22.2. The highest BCUT2D eigenvalue weighted by Gasteiger charge is 2.30. The lowest BCUT2D eigenvalue weighted by atomic mass is 10.0. The van der Waals surface area contributed by atoms with Crippen molar-refractivity contribution in [3.63, 3.8) is 0 Å². The van der Waals surface area contributed by atoms with Gasteiger partial charge in [-0.3, -0.25) is 37.3 Å². The van der Waals surface area contributed by atoms with E-state index in [0.29, 0.717) is 25.7 Å². The summed E-state index contributed by atoms with van der Waals surface area (Å²) in [5.41, 5.74) is 0. The molecule has 564 valence electrons. The molecule has 0 aromatic rings. The van der Waals surface area contributed by atoms with Gasteiger partial charge in [0, 0.05) is 25.7 Å². The maximum absolute atomic E-state index is 13.1. The molecule has 19 heteroatoms. The molecule has 0 aromatic heterocycles. The number of aliphatic hydroxyl groups is 1. The lowest BCUT2D eigenvalue weighted by Gasteiger charge is -2.21. The van der Waals surface area contributed by atoms with E-state index in [1.54, 1.807) is 0 Å². The van der Waals surface area contributed by atoms with Gasteiger partial charge in [-0.2, -0.15) is 0 Å². The highest BCUT2D eigenvalue weighted by molar-refractivity contribution is 7.47. The maximum atomic E-state index is 13.1. The van der Waals surface area contributed by atoms with Crippen LogP contribution in [-0.2, 0) is 65.4 Å². The first-order chi connectivity index (χ1) is 45.7. The molecule has 0 bridgehead atoms. The monoisotopic (exact) mass is 1400 g/mol. The summed E-state index contributed by atoms with van der Waals surface area (Å²) in [5, 5.41) is 10.6. The van der Waals surface area contributed by atoms with Crippen LogP contribution in [0.2, 0.25) is 0 Å². The molecule has 0 amide bonds. The summed E-state index contributed by atoms with van der Waals surface area (Å²) in [5.74, 6) is 0.184. The minimum absolute atomic E-state index is 0.106. The Morgan fingerprint density at radius 2 is 0.484 bits per heavy atom. The number of phosphoric acid groups is 2. The molecule has 0 saturated carbocycles. The zero-order valence-electron chi connectivity index (χ0n) is 62.1. The van der Waals surface area contributed by atoms with Gasteiger partial charge in [0.1, 0.15) is 19.3 Å². The number of hydrogen-bond acceptors (Lipinski definition) is 15. The van der Waals surface area contributed by atoms with Crippen molar-refractivity contribution >= 4 is 39.5 Å². The molecular weight excluding hydrogens is 1250 g/mol. The third kappa shape index (κ3) is 70.3. The Morgan fingerprint density at radius 1 is 0.284 bits per heavy atom. The molecule has 0 aliphatic carbocycles. The van der Waals surface area contributed by atoms with E-state index >= 15 is 0 Å². The van der Waals surface area contributed by atoms with E-state index in [1.807, 2.05) is 0 Å². The van der Waals surface area contributed by atoms with Gasteiger partial charge in [0.05, 0.1) is 26.4 Å². The third-order valence-corrected chi connectivity index (χ3v) is 19.5. The second-order valence-electron chi connectivity index (χ2n) is 28.8. The van der Waals surface area contributed by atoms with Gasteiger partial charge in [0.15, 0.2) is 12.2 Å². The van der Waals surface area contributed by atoms with Crippen molar-refractivity contribution in [2.24, 2.45) is 17.8 Å². The Labute approximate surface area is 581 Å². The second-order valence-corrected chi connectivity index (χ2v) is 31.7. The Bertz CT molecular complexity index is 1850. The topological polar surface area (TPSA) is 237 Å². The Hall–Kier alpha value is -1.94. The van der Waals surface area contributed by atoms with Gasteiger partial charge in [-0.15, -0.1) is 0 Å². The van der Waals surface area contributed by atoms with Crippen LogP contribution >= 0.6 is 15.6 Å². The van der Waals surface area contributed by atoms with Crippen molar-refractivity contribution in [1.82, 2.24) is 0 Å². The Balaban J connectivity index is 5.27. The number of carbonyl (C=O) groups excluding carboxylic acids is 4. The number of ether oxygens (including phenoxy) is 4. The van der Waals surface area contributed by atoms with Crippen molar-refractivity contribution in [1.29, 1.82) is 0 Å². The van der Waals surface area contributed by atoms with Crippen molar-refractivity contribution in [2.75, 3.05) is 39.6 Å². The van der Waals surface area contributed by atoms with E-state index < -0.39 is 97.5 Å². The summed E-state index contributed by atoms with van der Waals surface area (Å²) in [4.78, 5) is 72.9. The van der Waals surface area contributed by atoms with Crippen molar-refractivity contribution in [3.8, 4) is 0 Å². The van der Waals surface area contributed by atoms with Crippen LogP contribution in [0, 0.1) is 17.8 Å². The molecule has 17 nitrogen and oxygen atoms in total. The zero-order valence-corrected chi connectivity index (χ0v) is 63.9. The van der Waals surface area contributed by atoms with Gasteiger partial charge in [0.2, 0.25) is 0 Å². The van der Waals surface area contributed by atoms with E-state index in [4.69, 9.17) is 37.0 Å². The molecule has 0 aliphatic heterocycles. The van der Waals surface area contributed by atoms with Crippen LogP contribution in [0.15, 0.2) is 0 Å². The maximum Gasteiger partial charge on any atom is 0.472 e. The number of unbranched alkanes of at least 4 members (excludes halogenated alkanes) is 42. The first-order valence-corrected chi connectivity index (χ1v) is 42.3. The highest BCUT2D eigenvalue weighted by Crippen LogP contribution is 2.45. The normalized spacial score (nSPS) is 14.1. The van der Waals surface area contributed by atoms with Crippen LogP contribution in [-0.4, -0.2) is 96.7 Å². The molecule has 0 aliphatic rings. The fourth-order valence-electron chi connectivity index (χ4n) is 11.6. The number of aliphatic hydroxyl groups excluding tert-OH is 1. The average molecular weight is 1400 g/mol.